The topological polar surface area (TPSA) is 103 Å². The molecule has 32 heavy (non-hydrogen) atoms. The van der Waals surface area contributed by atoms with Gasteiger partial charge in [-0.1, -0.05) is 39.8 Å². The van der Waals surface area contributed by atoms with Gasteiger partial charge in [0, 0.05) is 16.7 Å². The number of amides is 1. The number of sulfonamides is 1. The van der Waals surface area contributed by atoms with Gasteiger partial charge in [0.2, 0.25) is 0 Å². The van der Waals surface area contributed by atoms with Crippen LogP contribution in [0, 0.1) is 11.3 Å². The molecule has 2 aliphatic heterocycles. The third-order valence-corrected chi connectivity index (χ3v) is 6.94. The van der Waals surface area contributed by atoms with E-state index in [-0.39, 0.29) is 28.9 Å². The number of rotatable bonds is 5. The van der Waals surface area contributed by atoms with E-state index in [1.165, 1.54) is 18.2 Å². The lowest BCUT2D eigenvalue weighted by Gasteiger charge is -2.44. The minimum absolute atomic E-state index is 0.00882. The van der Waals surface area contributed by atoms with Crippen LogP contribution in [-0.4, -0.2) is 33.6 Å². The highest BCUT2D eigenvalue weighted by atomic mass is 32.2. The van der Waals surface area contributed by atoms with Crippen molar-refractivity contribution in [3.05, 3.63) is 48.0 Å². The highest BCUT2D eigenvalue weighted by molar-refractivity contribution is 7.92. The van der Waals surface area contributed by atoms with E-state index in [4.69, 9.17) is 14.2 Å². The van der Waals surface area contributed by atoms with E-state index in [9.17, 15) is 13.2 Å². The molecule has 2 N–H and O–H groups in total. The van der Waals surface area contributed by atoms with Crippen molar-refractivity contribution < 1.29 is 27.4 Å². The van der Waals surface area contributed by atoms with Crippen LogP contribution in [0.3, 0.4) is 0 Å². The Morgan fingerprint density at radius 2 is 1.94 bits per heavy atom. The van der Waals surface area contributed by atoms with Crippen molar-refractivity contribution >= 4 is 27.3 Å². The maximum Gasteiger partial charge on any atom is 0.262 e. The second-order valence-corrected chi connectivity index (χ2v) is 10.8. The van der Waals surface area contributed by atoms with Gasteiger partial charge < -0.3 is 19.5 Å². The molecule has 1 fully saturated rings. The molecule has 1 amide bonds. The van der Waals surface area contributed by atoms with E-state index < -0.39 is 16.3 Å². The second kappa shape index (κ2) is 8.38. The zero-order valence-corrected chi connectivity index (χ0v) is 19.4. The molecule has 2 aromatic carbocycles. The number of hydrogen-bond acceptors (Lipinski definition) is 6. The van der Waals surface area contributed by atoms with Crippen LogP contribution >= 0.6 is 0 Å². The fourth-order valence-electron chi connectivity index (χ4n) is 4.16. The first-order valence-electron chi connectivity index (χ1n) is 10.5. The highest BCUT2D eigenvalue weighted by Crippen LogP contribution is 2.40. The van der Waals surface area contributed by atoms with Gasteiger partial charge in [0.05, 0.1) is 23.3 Å². The Hall–Kier alpha value is -2.62. The van der Waals surface area contributed by atoms with Crippen LogP contribution in [0.15, 0.2) is 47.4 Å². The lowest BCUT2D eigenvalue weighted by Crippen LogP contribution is -2.45. The molecule has 4 rings (SSSR count). The lowest BCUT2D eigenvalue weighted by molar-refractivity contribution is -0.274. The molecular weight excluding hydrogens is 432 g/mol. The molecule has 2 aliphatic rings. The van der Waals surface area contributed by atoms with E-state index in [0.717, 1.165) is 5.56 Å². The number of carbonyl (C=O) groups excluding carboxylic acids is 1. The van der Waals surface area contributed by atoms with Crippen molar-refractivity contribution in [3.63, 3.8) is 0 Å². The van der Waals surface area contributed by atoms with Crippen molar-refractivity contribution in [2.75, 3.05) is 23.3 Å². The fourth-order valence-corrected chi connectivity index (χ4v) is 5.23. The third kappa shape index (κ3) is 4.60. The normalized spacial score (nSPS) is 22.6. The van der Waals surface area contributed by atoms with E-state index in [0.29, 0.717) is 29.6 Å². The number of carbonyl (C=O) groups is 1. The molecule has 0 radical (unpaired) electrons. The van der Waals surface area contributed by atoms with Crippen LogP contribution in [0.4, 0.5) is 11.4 Å². The van der Waals surface area contributed by atoms with Gasteiger partial charge in [0.25, 0.3) is 15.9 Å². The molecule has 0 aliphatic carbocycles. The van der Waals surface area contributed by atoms with Gasteiger partial charge in [0.15, 0.2) is 12.9 Å². The highest BCUT2D eigenvalue weighted by Gasteiger charge is 2.40. The SMILES string of the molecule is CC(C)[C@@H]1O[C@H](c2cccc(NS(=O)(=O)c3ccc4c(c3)NC(=O)CO4)c2)OCC1(C)C. The van der Waals surface area contributed by atoms with Crippen LogP contribution < -0.4 is 14.8 Å². The van der Waals surface area contributed by atoms with Crippen molar-refractivity contribution in [2.45, 2.75) is 45.0 Å². The van der Waals surface area contributed by atoms with Gasteiger partial charge in [-0.05, 0) is 36.2 Å². The average Bonchev–Trinajstić information content (AvgIpc) is 2.72. The van der Waals surface area contributed by atoms with Crippen LogP contribution in [0.25, 0.3) is 0 Å². The van der Waals surface area contributed by atoms with Gasteiger partial charge >= 0.3 is 0 Å². The summed E-state index contributed by atoms with van der Waals surface area (Å²) in [6.07, 6.45) is -0.564. The summed E-state index contributed by atoms with van der Waals surface area (Å²) in [5.41, 5.74) is 1.33. The Balaban J connectivity index is 1.54. The Bertz CT molecular complexity index is 1130. The van der Waals surface area contributed by atoms with E-state index in [1.54, 1.807) is 18.2 Å². The van der Waals surface area contributed by atoms with Gasteiger partial charge in [-0.25, -0.2) is 8.42 Å². The molecule has 0 saturated carbocycles. The predicted molar refractivity (Wildman–Crippen MR) is 120 cm³/mol. The average molecular weight is 461 g/mol. The molecule has 0 aromatic heterocycles. The predicted octanol–water partition coefficient (Wildman–Crippen LogP) is 3.91. The summed E-state index contributed by atoms with van der Waals surface area (Å²) in [6.45, 7) is 8.91. The Kier molecular flexibility index (Phi) is 5.91. The molecule has 2 heterocycles. The lowest BCUT2D eigenvalue weighted by atomic mass is 9.80. The monoisotopic (exact) mass is 460 g/mol. The first kappa shape index (κ1) is 22.6. The second-order valence-electron chi connectivity index (χ2n) is 9.16. The number of hydrogen-bond donors (Lipinski definition) is 2. The maximum atomic E-state index is 13.0. The molecule has 2 aromatic rings. The van der Waals surface area contributed by atoms with Crippen molar-refractivity contribution in [1.82, 2.24) is 0 Å². The molecule has 0 unspecified atom stereocenters. The summed E-state index contributed by atoms with van der Waals surface area (Å²) in [6, 6.07) is 11.3. The molecule has 2 atom stereocenters. The van der Waals surface area contributed by atoms with Crippen molar-refractivity contribution in [3.8, 4) is 5.75 Å². The zero-order valence-electron chi connectivity index (χ0n) is 18.5. The summed E-state index contributed by atoms with van der Waals surface area (Å²) in [7, 11) is -3.89. The third-order valence-electron chi connectivity index (χ3n) is 5.56. The van der Waals surface area contributed by atoms with Crippen LogP contribution in [-0.2, 0) is 24.3 Å². The number of fused-ring (bicyclic) bond motifs is 1. The maximum absolute atomic E-state index is 13.0. The molecule has 1 saturated heterocycles. The van der Waals surface area contributed by atoms with Gasteiger partial charge in [-0.2, -0.15) is 0 Å². The van der Waals surface area contributed by atoms with Crippen molar-refractivity contribution in [1.29, 1.82) is 0 Å². The Morgan fingerprint density at radius 3 is 2.69 bits per heavy atom. The number of ether oxygens (including phenoxy) is 3. The van der Waals surface area contributed by atoms with E-state index in [2.05, 4.69) is 37.7 Å². The van der Waals surface area contributed by atoms with Crippen LogP contribution in [0.2, 0.25) is 0 Å². The van der Waals surface area contributed by atoms with Gasteiger partial charge in [0.1, 0.15) is 5.75 Å². The molecule has 172 valence electrons. The van der Waals surface area contributed by atoms with Crippen LogP contribution in [0.1, 0.15) is 39.5 Å². The summed E-state index contributed by atoms with van der Waals surface area (Å²) < 4.78 is 46.0. The first-order chi connectivity index (χ1) is 15.0. The largest absolute Gasteiger partial charge is 0.482 e. The summed E-state index contributed by atoms with van der Waals surface area (Å²) in [4.78, 5) is 11.6. The first-order valence-corrected chi connectivity index (χ1v) is 12.0. The zero-order chi connectivity index (χ0) is 23.1. The quantitative estimate of drug-likeness (QED) is 0.701. The van der Waals surface area contributed by atoms with Gasteiger partial charge in [-0.15, -0.1) is 0 Å². The Morgan fingerprint density at radius 1 is 1.16 bits per heavy atom. The molecular formula is C23H28N2O6S. The van der Waals surface area contributed by atoms with Crippen LogP contribution in [0.5, 0.6) is 5.75 Å². The summed E-state index contributed by atoms with van der Waals surface area (Å²) in [5, 5.41) is 2.62. The standard InChI is InChI=1S/C23H28N2O6S/c1-14(2)21-23(3,4)13-30-22(31-21)15-6-5-7-16(10-15)25-32(27,28)17-8-9-19-18(11-17)24-20(26)12-29-19/h5-11,14,21-22,25H,12-13H2,1-4H3,(H,24,26)/t21-,22+/m0/s1. The minimum Gasteiger partial charge on any atom is -0.482 e. The Labute approximate surface area is 188 Å². The van der Waals surface area contributed by atoms with E-state index >= 15 is 0 Å². The van der Waals surface area contributed by atoms with E-state index in [1.807, 2.05) is 6.07 Å². The molecule has 8 nitrogen and oxygen atoms in total. The summed E-state index contributed by atoms with van der Waals surface area (Å²) >= 11 is 0. The summed E-state index contributed by atoms with van der Waals surface area (Å²) in [5.74, 6) is 0.411. The molecule has 9 heteroatoms. The smallest absolute Gasteiger partial charge is 0.262 e. The number of anilines is 2. The van der Waals surface area contributed by atoms with Gasteiger partial charge in [-0.3, -0.25) is 9.52 Å². The molecule has 0 spiro atoms. The number of nitrogens with one attached hydrogen (secondary N) is 2. The van der Waals surface area contributed by atoms with Crippen molar-refractivity contribution in [2.24, 2.45) is 11.3 Å². The minimum atomic E-state index is -3.89. The molecule has 0 bridgehead atoms. The fraction of sp³-hybridized carbons (Fsp3) is 0.435. The number of benzene rings is 2.